The predicted molar refractivity (Wildman–Crippen MR) is 86.3 cm³/mol. The Balaban J connectivity index is 2.45. The molecule has 3 atom stereocenters. The maximum atomic E-state index is 15.2. The molecule has 0 aromatic carbocycles. The molecule has 130 valence electrons. The van der Waals surface area contributed by atoms with Crippen LogP contribution < -0.4 is 11.2 Å². The number of aliphatic hydroxyl groups is 1. The van der Waals surface area contributed by atoms with Gasteiger partial charge in [0.2, 0.25) is 5.85 Å². The molecule has 0 saturated carbocycles. The van der Waals surface area contributed by atoms with E-state index in [2.05, 4.69) is 4.52 Å². The topological polar surface area (TPSA) is 151 Å². The first-order valence-corrected chi connectivity index (χ1v) is 8.39. The second kappa shape index (κ2) is 5.68. The molecule has 1 aliphatic heterocycles. The maximum Gasteiger partial charge on any atom is 0.468 e. The summed E-state index contributed by atoms with van der Waals surface area (Å²) >= 11 is 0. The second-order valence-corrected chi connectivity index (χ2v) is 7.34. The number of H-pyrrole nitrogens is 1. The first kappa shape index (κ1) is 19.2. The van der Waals surface area contributed by atoms with Crippen LogP contribution in [0.1, 0.15) is 6.42 Å². The Labute approximate surface area is 137 Å². The number of nitrogens with zero attached hydrogens (tertiary/aromatic N) is 1. The highest BCUT2D eigenvalue weighted by atomic mass is 31.2. The van der Waals surface area contributed by atoms with Crippen LogP contribution in [0.3, 0.4) is 0 Å². The van der Waals surface area contributed by atoms with Crippen LogP contribution in [0, 0.1) is 0 Å². The molecule has 0 aliphatic carbocycles. The van der Waals surface area contributed by atoms with E-state index in [4.69, 9.17) is 14.5 Å². The lowest BCUT2D eigenvalue weighted by Gasteiger charge is -2.39. The van der Waals surface area contributed by atoms with Gasteiger partial charge in [-0.15, -0.1) is 0 Å². The number of phosphoric ester groups is 1. The number of ether oxygens (including phenoxy) is 1. The van der Waals surface area contributed by atoms with Gasteiger partial charge in [-0.05, 0) is 0 Å². The molecule has 0 bridgehead atoms. The lowest BCUT2D eigenvalue weighted by atomic mass is 9.60. The monoisotopic (exact) mass is 362 g/mol. The highest BCUT2D eigenvalue weighted by Crippen LogP contribution is 2.50. The molecule has 0 amide bonds. The molecular formula is C9H15B3FN2O8P. The Bertz CT molecular complexity index is 810. The molecule has 4 N–H and O–H groups in total. The van der Waals surface area contributed by atoms with Crippen molar-refractivity contribution < 1.29 is 33.1 Å². The lowest BCUT2D eigenvalue weighted by Crippen LogP contribution is -2.56. The summed E-state index contributed by atoms with van der Waals surface area (Å²) in [6.45, 7) is 0. The lowest BCUT2D eigenvalue weighted by molar-refractivity contribution is -0.219. The molecule has 24 heavy (non-hydrogen) atoms. The number of halogens is 1. The van der Waals surface area contributed by atoms with E-state index in [1.807, 2.05) is 4.98 Å². The van der Waals surface area contributed by atoms with Crippen LogP contribution in [0.5, 0.6) is 0 Å². The molecule has 2 rings (SSSR count). The first-order chi connectivity index (χ1) is 10.7. The van der Waals surface area contributed by atoms with Crippen molar-refractivity contribution in [1.29, 1.82) is 0 Å². The van der Waals surface area contributed by atoms with Gasteiger partial charge in [-0.2, -0.15) is 0 Å². The number of aromatic amines is 1. The van der Waals surface area contributed by atoms with Gasteiger partial charge >= 0.3 is 13.5 Å². The molecule has 0 spiro atoms. The zero-order valence-electron chi connectivity index (χ0n) is 13.1. The fourth-order valence-corrected chi connectivity index (χ4v) is 3.32. The van der Waals surface area contributed by atoms with Crippen molar-refractivity contribution in [2.45, 2.75) is 29.4 Å². The van der Waals surface area contributed by atoms with E-state index in [1.54, 1.807) is 0 Å². The molecule has 1 fully saturated rings. The van der Waals surface area contributed by atoms with Crippen molar-refractivity contribution >= 4 is 31.4 Å². The summed E-state index contributed by atoms with van der Waals surface area (Å²) in [6, 6.07) is 0.984. The third kappa shape index (κ3) is 3.30. The number of nitrogens with one attached hydrogen (secondary N) is 1. The standard InChI is InChI=1S/C9H15B3FN2O8P/c10-8(15-2-1-5(17)14-6(15)18)4(16)3-7(13,22-8)9(11,12)23-24(19,20)21/h1-2,4,16H,3,10-12H2,(H,14,17,18)(H2,19,20,21)/t4-,7+,8+/m1/s1. The highest BCUT2D eigenvalue weighted by Gasteiger charge is 2.62. The molecule has 0 unspecified atom stereocenters. The largest absolute Gasteiger partial charge is 0.468 e. The van der Waals surface area contributed by atoms with Gasteiger partial charge in [0.1, 0.15) is 21.3 Å². The Morgan fingerprint density at radius 3 is 2.58 bits per heavy atom. The van der Waals surface area contributed by atoms with Gasteiger partial charge in [-0.3, -0.25) is 18.9 Å². The number of aliphatic hydroxyl groups excluding tert-OH is 1. The summed E-state index contributed by atoms with van der Waals surface area (Å²) in [4.78, 5) is 42.8. The Morgan fingerprint density at radius 1 is 1.50 bits per heavy atom. The van der Waals surface area contributed by atoms with Gasteiger partial charge in [-0.1, -0.05) is 0 Å². The van der Waals surface area contributed by atoms with Gasteiger partial charge < -0.3 is 19.6 Å². The molecular weight excluding hydrogens is 347 g/mol. The summed E-state index contributed by atoms with van der Waals surface area (Å²) in [5, 5.41) is 8.08. The fourth-order valence-electron chi connectivity index (χ4n) is 2.59. The SMILES string of the molecule is BC(B)(OP(=O)(O)O)[C@]1(F)C[C@@H](O)[C@](B)(n2ccc(=O)[nH]c2=O)O1. The number of phosphoric acid groups is 1. The molecule has 10 nitrogen and oxygen atoms in total. The Morgan fingerprint density at radius 2 is 2.08 bits per heavy atom. The van der Waals surface area contributed by atoms with Crippen LogP contribution in [0.4, 0.5) is 4.39 Å². The van der Waals surface area contributed by atoms with E-state index >= 15 is 4.39 Å². The third-order valence-corrected chi connectivity index (χ3v) is 4.69. The van der Waals surface area contributed by atoms with E-state index in [1.165, 1.54) is 7.85 Å². The average Bonchev–Trinajstić information content (AvgIpc) is 2.58. The van der Waals surface area contributed by atoms with Crippen LogP contribution in [-0.4, -0.2) is 65.3 Å². The Kier molecular flexibility index (Phi) is 4.54. The van der Waals surface area contributed by atoms with Crippen molar-refractivity contribution in [3.8, 4) is 0 Å². The van der Waals surface area contributed by atoms with E-state index in [0.29, 0.717) is 0 Å². The van der Waals surface area contributed by atoms with E-state index in [0.717, 1.165) is 32.5 Å². The van der Waals surface area contributed by atoms with E-state index in [9.17, 15) is 19.3 Å². The quantitative estimate of drug-likeness (QED) is 0.308. The first-order valence-electron chi connectivity index (χ1n) is 6.86. The summed E-state index contributed by atoms with van der Waals surface area (Å²) in [6.07, 6.45) is -1.26. The van der Waals surface area contributed by atoms with Gasteiger partial charge in [0, 0.05) is 18.7 Å². The van der Waals surface area contributed by atoms with Crippen molar-refractivity contribution in [2.24, 2.45) is 0 Å². The number of alkyl halides is 1. The molecule has 15 heteroatoms. The van der Waals surface area contributed by atoms with Gasteiger partial charge in [0.05, 0.1) is 11.5 Å². The molecule has 0 radical (unpaired) electrons. The molecule has 1 aromatic heterocycles. The predicted octanol–water partition coefficient (Wildman–Crippen LogP) is -4.74. The highest BCUT2D eigenvalue weighted by molar-refractivity contribution is 7.46. The summed E-state index contributed by atoms with van der Waals surface area (Å²) in [5.74, 6) is -2.82. The normalized spacial score (nSPS) is 31.2. The van der Waals surface area contributed by atoms with E-state index < -0.39 is 48.5 Å². The van der Waals surface area contributed by atoms with Crippen molar-refractivity contribution in [1.82, 2.24) is 9.55 Å². The maximum absolute atomic E-state index is 15.2. The summed E-state index contributed by atoms with van der Waals surface area (Å²) < 4.78 is 36.7. The van der Waals surface area contributed by atoms with Crippen molar-refractivity contribution in [3.05, 3.63) is 33.1 Å². The van der Waals surface area contributed by atoms with Crippen LogP contribution in [0.2, 0.25) is 0 Å². The third-order valence-electron chi connectivity index (χ3n) is 3.99. The van der Waals surface area contributed by atoms with Crippen LogP contribution in [0.15, 0.2) is 21.9 Å². The smallest absolute Gasteiger partial charge is 0.389 e. The van der Waals surface area contributed by atoms with Gasteiger partial charge in [0.15, 0.2) is 7.85 Å². The number of rotatable bonds is 4. The molecule has 1 aromatic rings. The minimum absolute atomic E-state index is 0.691. The number of hydrogen-bond donors (Lipinski definition) is 4. The fraction of sp³-hybridized carbons (Fsp3) is 0.556. The Hall–Kier alpha value is -1.17. The molecule has 2 heterocycles. The molecule has 1 aliphatic rings. The van der Waals surface area contributed by atoms with Crippen LogP contribution in [-0.2, 0) is 19.4 Å². The average molecular weight is 362 g/mol. The minimum Gasteiger partial charge on any atom is -0.389 e. The van der Waals surface area contributed by atoms with Crippen LogP contribution in [0.25, 0.3) is 0 Å². The van der Waals surface area contributed by atoms with Crippen LogP contribution >= 0.6 is 7.82 Å². The van der Waals surface area contributed by atoms with E-state index in [-0.39, 0.29) is 0 Å². The number of aromatic nitrogens is 2. The van der Waals surface area contributed by atoms with Gasteiger partial charge in [0.25, 0.3) is 5.56 Å². The number of hydrogen-bond acceptors (Lipinski definition) is 6. The summed E-state index contributed by atoms with van der Waals surface area (Å²) in [7, 11) is -1.77. The van der Waals surface area contributed by atoms with Gasteiger partial charge in [-0.25, -0.2) is 13.8 Å². The molecule has 1 saturated heterocycles. The second-order valence-electron chi connectivity index (χ2n) is 6.18. The zero-order valence-corrected chi connectivity index (χ0v) is 14.0. The van der Waals surface area contributed by atoms with Crippen molar-refractivity contribution in [2.75, 3.05) is 0 Å². The minimum atomic E-state index is -5.05. The summed E-state index contributed by atoms with van der Waals surface area (Å²) in [5.41, 5.74) is -3.56. The zero-order chi connectivity index (χ0) is 18.6. The van der Waals surface area contributed by atoms with Crippen molar-refractivity contribution in [3.63, 3.8) is 0 Å².